The lowest BCUT2D eigenvalue weighted by molar-refractivity contribution is 0.251. The minimum absolute atomic E-state index is 0.0723. The van der Waals surface area contributed by atoms with Gasteiger partial charge in [-0.05, 0) is 25.5 Å². The highest BCUT2D eigenvalue weighted by molar-refractivity contribution is 7.19. The van der Waals surface area contributed by atoms with Crippen molar-refractivity contribution in [3.63, 3.8) is 0 Å². The molecule has 32 heavy (non-hydrogen) atoms. The first-order valence-corrected chi connectivity index (χ1v) is 11.1. The van der Waals surface area contributed by atoms with E-state index in [4.69, 9.17) is 0 Å². The zero-order chi connectivity index (χ0) is 22.5. The van der Waals surface area contributed by atoms with Gasteiger partial charge in [-0.3, -0.25) is 10.1 Å². The maximum absolute atomic E-state index is 12.5. The van der Waals surface area contributed by atoms with Crippen molar-refractivity contribution in [2.24, 2.45) is 0 Å². The number of thiazole rings is 1. The Balaban J connectivity index is 1.64. The Hall–Kier alpha value is -3.78. The number of hydrogen-bond acceptors (Lipinski definition) is 5. The molecule has 0 atom stereocenters. The summed E-state index contributed by atoms with van der Waals surface area (Å²) in [5, 5.41) is 10.7. The summed E-state index contributed by atoms with van der Waals surface area (Å²) in [6, 6.07) is 22.2. The first-order valence-electron chi connectivity index (χ1n) is 10.3. The van der Waals surface area contributed by atoms with Crippen LogP contribution in [-0.2, 0) is 6.54 Å². The van der Waals surface area contributed by atoms with Crippen LogP contribution in [0.25, 0.3) is 21.8 Å². The standard InChI is InChI=1S/C24H23N5O2S/c1-16(2)29-20(30)14-13-19(28-29)22-21(18-11-7-4-8-12-18)26-24(32-22)27-23(31)25-15-17-9-5-3-6-10-17/h3-14,16H,15H2,1-2H3,(H2,25,26,27,31). The first kappa shape index (κ1) is 21.5. The summed E-state index contributed by atoms with van der Waals surface area (Å²) >= 11 is 1.32. The second kappa shape index (κ2) is 9.57. The van der Waals surface area contributed by atoms with Crippen LogP contribution >= 0.6 is 11.3 Å². The molecule has 2 amide bonds. The van der Waals surface area contributed by atoms with Crippen molar-refractivity contribution in [3.8, 4) is 21.8 Å². The van der Waals surface area contributed by atoms with Crippen LogP contribution in [0.4, 0.5) is 9.93 Å². The lowest BCUT2D eigenvalue weighted by Crippen LogP contribution is -2.28. The molecule has 2 N–H and O–H groups in total. The topological polar surface area (TPSA) is 88.9 Å². The number of carbonyl (C=O) groups is 1. The highest BCUT2D eigenvalue weighted by atomic mass is 32.1. The van der Waals surface area contributed by atoms with Gasteiger partial charge in [-0.1, -0.05) is 72.0 Å². The largest absolute Gasteiger partial charge is 0.334 e. The highest BCUT2D eigenvalue weighted by Crippen LogP contribution is 2.37. The number of aromatic nitrogens is 3. The second-order valence-corrected chi connectivity index (χ2v) is 8.45. The molecule has 0 aliphatic heterocycles. The molecule has 2 aromatic heterocycles. The molecule has 0 unspecified atom stereocenters. The lowest BCUT2D eigenvalue weighted by atomic mass is 10.1. The molecule has 0 radical (unpaired) electrons. The summed E-state index contributed by atoms with van der Waals surface area (Å²) in [7, 11) is 0. The van der Waals surface area contributed by atoms with Gasteiger partial charge in [-0.15, -0.1) is 0 Å². The summed E-state index contributed by atoms with van der Waals surface area (Å²) in [5.74, 6) is 0. The van der Waals surface area contributed by atoms with Gasteiger partial charge in [-0.25, -0.2) is 14.5 Å². The van der Waals surface area contributed by atoms with Crippen molar-refractivity contribution in [2.75, 3.05) is 5.32 Å². The average molecular weight is 446 g/mol. The monoisotopic (exact) mass is 445 g/mol. The van der Waals surface area contributed by atoms with Gasteiger partial charge in [0.25, 0.3) is 5.56 Å². The molecule has 0 spiro atoms. The van der Waals surface area contributed by atoms with Gasteiger partial charge in [0, 0.05) is 18.2 Å². The number of urea groups is 1. The molecule has 0 saturated heterocycles. The van der Waals surface area contributed by atoms with Crippen molar-refractivity contribution in [2.45, 2.75) is 26.4 Å². The van der Waals surface area contributed by atoms with E-state index in [0.717, 1.165) is 16.0 Å². The van der Waals surface area contributed by atoms with E-state index in [2.05, 4.69) is 20.7 Å². The van der Waals surface area contributed by atoms with Gasteiger partial charge in [0.1, 0.15) is 5.69 Å². The third-order valence-corrected chi connectivity index (χ3v) is 5.73. The van der Waals surface area contributed by atoms with Crippen molar-refractivity contribution >= 4 is 22.5 Å². The third-order valence-electron chi connectivity index (χ3n) is 4.74. The summed E-state index contributed by atoms with van der Waals surface area (Å²) in [5.41, 5.74) is 3.09. The van der Waals surface area contributed by atoms with Crippen molar-refractivity contribution < 1.29 is 4.79 Å². The second-order valence-electron chi connectivity index (χ2n) is 7.45. The minimum atomic E-state index is -0.339. The van der Waals surface area contributed by atoms with E-state index < -0.39 is 0 Å². The normalized spacial score (nSPS) is 10.8. The molecule has 0 fully saturated rings. The van der Waals surface area contributed by atoms with E-state index in [-0.39, 0.29) is 17.6 Å². The predicted molar refractivity (Wildman–Crippen MR) is 128 cm³/mol. The quantitative estimate of drug-likeness (QED) is 0.440. The number of anilines is 1. The number of nitrogens with zero attached hydrogens (tertiary/aromatic N) is 3. The molecule has 4 rings (SSSR count). The molecule has 0 aliphatic carbocycles. The number of amides is 2. The van der Waals surface area contributed by atoms with Gasteiger partial charge in [0.2, 0.25) is 0 Å². The molecule has 2 aromatic carbocycles. The van der Waals surface area contributed by atoms with Crippen LogP contribution in [0, 0.1) is 0 Å². The molecular weight excluding hydrogens is 422 g/mol. The number of carbonyl (C=O) groups excluding carboxylic acids is 1. The van der Waals surface area contributed by atoms with E-state index >= 15 is 0 Å². The summed E-state index contributed by atoms with van der Waals surface area (Å²) in [6.07, 6.45) is 0. The summed E-state index contributed by atoms with van der Waals surface area (Å²) in [4.78, 5) is 30.1. The van der Waals surface area contributed by atoms with Gasteiger partial charge < -0.3 is 5.32 Å². The highest BCUT2D eigenvalue weighted by Gasteiger charge is 2.18. The summed E-state index contributed by atoms with van der Waals surface area (Å²) < 4.78 is 1.45. The minimum Gasteiger partial charge on any atom is -0.334 e. The fourth-order valence-corrected chi connectivity index (χ4v) is 4.12. The number of nitrogens with one attached hydrogen (secondary N) is 2. The Morgan fingerprint density at radius 1 is 1.00 bits per heavy atom. The molecule has 0 bridgehead atoms. The zero-order valence-corrected chi connectivity index (χ0v) is 18.6. The van der Waals surface area contributed by atoms with E-state index in [9.17, 15) is 9.59 Å². The van der Waals surface area contributed by atoms with Crippen molar-refractivity contribution in [1.29, 1.82) is 0 Å². The Morgan fingerprint density at radius 3 is 2.38 bits per heavy atom. The van der Waals surface area contributed by atoms with Crippen LogP contribution in [0.3, 0.4) is 0 Å². The van der Waals surface area contributed by atoms with Gasteiger partial charge >= 0.3 is 6.03 Å². The lowest BCUT2D eigenvalue weighted by Gasteiger charge is -2.09. The fraction of sp³-hybridized carbons (Fsp3) is 0.167. The van der Waals surface area contributed by atoms with Crippen molar-refractivity contribution in [1.82, 2.24) is 20.1 Å². The number of hydrogen-bond donors (Lipinski definition) is 2. The maximum atomic E-state index is 12.5. The summed E-state index contributed by atoms with van der Waals surface area (Å²) in [6.45, 7) is 4.23. The Bertz CT molecular complexity index is 1270. The molecule has 2 heterocycles. The van der Waals surface area contributed by atoms with Gasteiger partial charge in [0.05, 0.1) is 16.6 Å². The van der Waals surface area contributed by atoms with Crippen LogP contribution in [0.5, 0.6) is 0 Å². The molecule has 0 aliphatic rings. The zero-order valence-electron chi connectivity index (χ0n) is 17.8. The van der Waals surface area contributed by atoms with Crippen LogP contribution in [0.2, 0.25) is 0 Å². The van der Waals surface area contributed by atoms with E-state index in [1.54, 1.807) is 6.07 Å². The van der Waals surface area contributed by atoms with Crippen LogP contribution in [-0.4, -0.2) is 20.8 Å². The SMILES string of the molecule is CC(C)n1nc(-c2sc(NC(=O)NCc3ccccc3)nc2-c2ccccc2)ccc1=O. The van der Waals surface area contributed by atoms with Gasteiger partial charge in [-0.2, -0.15) is 5.10 Å². The number of benzene rings is 2. The van der Waals surface area contributed by atoms with Crippen molar-refractivity contribution in [3.05, 3.63) is 88.7 Å². The molecular formula is C24H23N5O2S. The van der Waals surface area contributed by atoms with Crippen LogP contribution < -0.4 is 16.2 Å². The Morgan fingerprint density at radius 2 is 1.69 bits per heavy atom. The van der Waals surface area contributed by atoms with Gasteiger partial charge in [0.15, 0.2) is 5.13 Å². The van der Waals surface area contributed by atoms with E-state index in [1.807, 2.05) is 74.5 Å². The Kier molecular flexibility index (Phi) is 6.42. The average Bonchev–Trinajstić information content (AvgIpc) is 3.23. The fourth-order valence-electron chi connectivity index (χ4n) is 3.17. The third kappa shape index (κ3) is 4.92. The molecule has 8 heteroatoms. The Labute approximate surface area is 189 Å². The molecule has 4 aromatic rings. The van der Waals surface area contributed by atoms with Crippen LogP contribution in [0.15, 0.2) is 77.6 Å². The smallest absolute Gasteiger partial charge is 0.321 e. The van der Waals surface area contributed by atoms with E-state index in [1.165, 1.54) is 22.1 Å². The number of rotatable bonds is 6. The molecule has 7 nitrogen and oxygen atoms in total. The van der Waals surface area contributed by atoms with E-state index in [0.29, 0.717) is 23.1 Å². The first-order chi connectivity index (χ1) is 15.5. The van der Waals surface area contributed by atoms with Crippen LogP contribution in [0.1, 0.15) is 25.5 Å². The molecule has 162 valence electrons. The predicted octanol–water partition coefficient (Wildman–Crippen LogP) is 4.94. The molecule has 0 saturated carbocycles. The maximum Gasteiger partial charge on any atom is 0.321 e.